The van der Waals surface area contributed by atoms with Gasteiger partial charge in [-0.05, 0) is 42.2 Å². The summed E-state index contributed by atoms with van der Waals surface area (Å²) in [5.74, 6) is 0.309. The fraction of sp³-hybridized carbons (Fsp3) is 0.250. The van der Waals surface area contributed by atoms with E-state index in [1.165, 1.54) is 16.8 Å². The maximum atomic E-state index is 9.25. The zero-order chi connectivity index (χ0) is 13.0. The van der Waals surface area contributed by atoms with Crippen LogP contribution in [-0.4, -0.2) is 5.11 Å². The van der Waals surface area contributed by atoms with Gasteiger partial charge in [0.2, 0.25) is 0 Å². The first-order chi connectivity index (χ1) is 8.70. The van der Waals surface area contributed by atoms with E-state index in [2.05, 4.69) is 37.4 Å². The monoisotopic (exact) mass is 241 g/mol. The van der Waals surface area contributed by atoms with Gasteiger partial charge in [-0.2, -0.15) is 0 Å². The van der Waals surface area contributed by atoms with Crippen LogP contribution in [0.4, 0.5) is 5.69 Å². The number of aryl methyl sites for hydroxylation is 2. The van der Waals surface area contributed by atoms with Crippen LogP contribution in [0.5, 0.6) is 5.75 Å². The smallest absolute Gasteiger partial charge is 0.115 e. The van der Waals surface area contributed by atoms with Crippen molar-refractivity contribution in [2.45, 2.75) is 26.8 Å². The van der Waals surface area contributed by atoms with Crippen LogP contribution in [-0.2, 0) is 13.0 Å². The second kappa shape index (κ2) is 5.58. The first kappa shape index (κ1) is 12.5. The third-order valence-electron chi connectivity index (χ3n) is 3.15. The summed E-state index contributed by atoms with van der Waals surface area (Å²) in [6, 6.07) is 13.7. The van der Waals surface area contributed by atoms with Crippen LogP contribution in [0, 0.1) is 6.92 Å². The number of hydrogen-bond donors (Lipinski definition) is 2. The molecule has 0 amide bonds. The lowest BCUT2D eigenvalue weighted by atomic mass is 10.1. The van der Waals surface area contributed by atoms with Crippen LogP contribution in [0.25, 0.3) is 0 Å². The lowest BCUT2D eigenvalue weighted by Crippen LogP contribution is -2.03. The molecule has 0 aromatic heterocycles. The molecule has 0 saturated heterocycles. The van der Waals surface area contributed by atoms with Crippen molar-refractivity contribution in [3.63, 3.8) is 0 Å². The topological polar surface area (TPSA) is 32.3 Å². The van der Waals surface area contributed by atoms with Crippen molar-refractivity contribution in [3.8, 4) is 5.75 Å². The minimum absolute atomic E-state index is 0.309. The average molecular weight is 241 g/mol. The van der Waals surface area contributed by atoms with E-state index >= 15 is 0 Å². The van der Waals surface area contributed by atoms with E-state index in [4.69, 9.17) is 0 Å². The predicted molar refractivity (Wildman–Crippen MR) is 76.0 cm³/mol. The van der Waals surface area contributed by atoms with E-state index in [1.54, 1.807) is 12.1 Å². The number of rotatable bonds is 4. The van der Waals surface area contributed by atoms with Crippen LogP contribution < -0.4 is 5.32 Å². The summed E-state index contributed by atoms with van der Waals surface area (Å²) < 4.78 is 0. The minimum atomic E-state index is 0.309. The average Bonchev–Trinajstić information content (AvgIpc) is 2.39. The van der Waals surface area contributed by atoms with E-state index < -0.39 is 0 Å². The van der Waals surface area contributed by atoms with Crippen LogP contribution >= 0.6 is 0 Å². The third-order valence-corrected chi connectivity index (χ3v) is 3.15. The highest BCUT2D eigenvalue weighted by molar-refractivity contribution is 5.57. The molecule has 2 N–H and O–H groups in total. The zero-order valence-electron chi connectivity index (χ0n) is 10.9. The fourth-order valence-electron chi connectivity index (χ4n) is 2.08. The van der Waals surface area contributed by atoms with Gasteiger partial charge in [-0.25, -0.2) is 0 Å². The molecular weight excluding hydrogens is 222 g/mol. The first-order valence-corrected chi connectivity index (χ1v) is 6.31. The second-order valence-electron chi connectivity index (χ2n) is 4.48. The van der Waals surface area contributed by atoms with E-state index in [0.717, 1.165) is 18.5 Å². The summed E-state index contributed by atoms with van der Waals surface area (Å²) >= 11 is 0. The molecule has 2 heteroatoms. The molecular formula is C16H19NO. The molecule has 0 aliphatic carbocycles. The summed E-state index contributed by atoms with van der Waals surface area (Å²) in [5, 5.41) is 12.7. The second-order valence-corrected chi connectivity index (χ2v) is 4.48. The molecule has 0 bridgehead atoms. The SMILES string of the molecule is CCc1cccc(C)c1NCc1ccc(O)cc1. The number of para-hydroxylation sites is 1. The summed E-state index contributed by atoms with van der Waals surface area (Å²) in [6.07, 6.45) is 1.03. The number of hydrogen-bond acceptors (Lipinski definition) is 2. The largest absolute Gasteiger partial charge is 0.508 e. The van der Waals surface area contributed by atoms with Crippen molar-refractivity contribution < 1.29 is 5.11 Å². The fourth-order valence-corrected chi connectivity index (χ4v) is 2.08. The molecule has 0 fully saturated rings. The number of phenolic OH excluding ortho intramolecular Hbond substituents is 1. The van der Waals surface area contributed by atoms with E-state index in [1.807, 2.05) is 12.1 Å². The normalized spacial score (nSPS) is 10.3. The first-order valence-electron chi connectivity index (χ1n) is 6.31. The summed E-state index contributed by atoms with van der Waals surface area (Å²) in [7, 11) is 0. The summed E-state index contributed by atoms with van der Waals surface area (Å²) in [4.78, 5) is 0. The lowest BCUT2D eigenvalue weighted by Gasteiger charge is -2.14. The van der Waals surface area contributed by atoms with Gasteiger partial charge < -0.3 is 10.4 Å². The Morgan fingerprint density at radius 3 is 2.44 bits per heavy atom. The molecule has 0 aliphatic rings. The highest BCUT2D eigenvalue weighted by Gasteiger charge is 2.03. The van der Waals surface area contributed by atoms with Gasteiger partial charge in [0, 0.05) is 12.2 Å². The van der Waals surface area contributed by atoms with Crippen molar-refractivity contribution in [2.75, 3.05) is 5.32 Å². The Hall–Kier alpha value is -1.96. The van der Waals surface area contributed by atoms with Crippen LogP contribution in [0.3, 0.4) is 0 Å². The van der Waals surface area contributed by atoms with Crippen molar-refractivity contribution in [1.82, 2.24) is 0 Å². The molecule has 2 nitrogen and oxygen atoms in total. The van der Waals surface area contributed by atoms with Gasteiger partial charge in [0.15, 0.2) is 0 Å². The van der Waals surface area contributed by atoms with Crippen molar-refractivity contribution in [1.29, 1.82) is 0 Å². The molecule has 0 aliphatic heterocycles. The Labute approximate surface area is 108 Å². The molecule has 0 saturated carbocycles. The molecule has 0 unspecified atom stereocenters. The van der Waals surface area contributed by atoms with Crippen LogP contribution in [0.15, 0.2) is 42.5 Å². The Morgan fingerprint density at radius 2 is 1.78 bits per heavy atom. The highest BCUT2D eigenvalue weighted by atomic mass is 16.3. The molecule has 2 aromatic rings. The lowest BCUT2D eigenvalue weighted by molar-refractivity contribution is 0.475. The molecule has 94 valence electrons. The van der Waals surface area contributed by atoms with Gasteiger partial charge >= 0.3 is 0 Å². The standard InChI is InChI=1S/C16H19NO/c1-3-14-6-4-5-12(2)16(14)17-11-13-7-9-15(18)10-8-13/h4-10,17-18H,3,11H2,1-2H3. The van der Waals surface area contributed by atoms with Crippen LogP contribution in [0.1, 0.15) is 23.6 Å². The molecule has 0 heterocycles. The van der Waals surface area contributed by atoms with E-state index in [9.17, 15) is 5.11 Å². The molecule has 2 rings (SSSR count). The number of nitrogens with one attached hydrogen (secondary N) is 1. The Balaban J connectivity index is 2.12. The summed E-state index contributed by atoms with van der Waals surface area (Å²) in [6.45, 7) is 5.07. The molecule has 0 atom stereocenters. The number of aromatic hydroxyl groups is 1. The van der Waals surface area contributed by atoms with Crippen molar-refractivity contribution in [2.24, 2.45) is 0 Å². The molecule has 2 aromatic carbocycles. The van der Waals surface area contributed by atoms with Crippen LogP contribution in [0.2, 0.25) is 0 Å². The van der Waals surface area contributed by atoms with Gasteiger partial charge in [0.1, 0.15) is 5.75 Å². The van der Waals surface area contributed by atoms with Gasteiger partial charge in [0.25, 0.3) is 0 Å². The Bertz CT molecular complexity index is 517. The molecule has 18 heavy (non-hydrogen) atoms. The maximum absolute atomic E-state index is 9.25. The van der Waals surface area contributed by atoms with Gasteiger partial charge in [-0.15, -0.1) is 0 Å². The number of anilines is 1. The Morgan fingerprint density at radius 1 is 1.06 bits per heavy atom. The van der Waals surface area contributed by atoms with Gasteiger partial charge in [0.05, 0.1) is 0 Å². The highest BCUT2D eigenvalue weighted by Crippen LogP contribution is 2.22. The maximum Gasteiger partial charge on any atom is 0.115 e. The van der Waals surface area contributed by atoms with E-state index in [-0.39, 0.29) is 0 Å². The van der Waals surface area contributed by atoms with Gasteiger partial charge in [-0.1, -0.05) is 37.3 Å². The third kappa shape index (κ3) is 2.83. The zero-order valence-corrected chi connectivity index (χ0v) is 10.9. The number of benzene rings is 2. The molecule has 0 radical (unpaired) electrons. The van der Waals surface area contributed by atoms with E-state index in [0.29, 0.717) is 5.75 Å². The molecule has 0 spiro atoms. The minimum Gasteiger partial charge on any atom is -0.508 e. The quantitative estimate of drug-likeness (QED) is 0.851. The van der Waals surface area contributed by atoms with Crippen molar-refractivity contribution in [3.05, 3.63) is 59.2 Å². The summed E-state index contributed by atoms with van der Waals surface area (Å²) in [5.41, 5.74) is 5.01. The van der Waals surface area contributed by atoms with Crippen molar-refractivity contribution >= 4 is 5.69 Å². The predicted octanol–water partition coefficient (Wildman–Crippen LogP) is 3.88. The van der Waals surface area contributed by atoms with Gasteiger partial charge in [-0.3, -0.25) is 0 Å². The number of phenols is 1. The Kier molecular flexibility index (Phi) is 3.88.